The Bertz CT molecular complexity index is 644. The van der Waals surface area contributed by atoms with Crippen molar-refractivity contribution >= 4 is 30.7 Å². The van der Waals surface area contributed by atoms with Crippen LogP contribution in [-0.2, 0) is 0 Å². The van der Waals surface area contributed by atoms with E-state index in [4.69, 9.17) is 0 Å². The number of piperidine rings is 1. The van der Waals surface area contributed by atoms with Crippen LogP contribution in [0.3, 0.4) is 0 Å². The molecule has 25 heavy (non-hydrogen) atoms. The van der Waals surface area contributed by atoms with E-state index < -0.39 is 0 Å². The minimum atomic E-state index is 0. The molecule has 0 aliphatic carbocycles. The van der Waals surface area contributed by atoms with Crippen molar-refractivity contribution in [2.75, 3.05) is 19.6 Å². The van der Waals surface area contributed by atoms with Crippen LogP contribution in [0.5, 0.6) is 0 Å². The van der Waals surface area contributed by atoms with E-state index in [1.807, 2.05) is 29.3 Å². The lowest BCUT2D eigenvalue weighted by Gasteiger charge is -2.34. The summed E-state index contributed by atoms with van der Waals surface area (Å²) in [7, 11) is 0. The second-order valence-corrected chi connectivity index (χ2v) is 5.83. The van der Waals surface area contributed by atoms with Crippen molar-refractivity contribution in [1.82, 2.24) is 25.0 Å². The molecule has 1 N–H and O–H groups in total. The molecule has 0 aromatic carbocycles. The van der Waals surface area contributed by atoms with E-state index in [0.29, 0.717) is 11.7 Å². The average Bonchev–Trinajstić information content (AvgIpc) is 3.15. The predicted molar refractivity (Wildman–Crippen MR) is 103 cm³/mol. The number of halogens is 2. The number of carbonyl (C=O) groups is 1. The Morgan fingerprint density at radius 3 is 2.72 bits per heavy atom. The summed E-state index contributed by atoms with van der Waals surface area (Å²) in [5.74, 6) is 0.0211. The fourth-order valence-corrected chi connectivity index (χ4v) is 3.06. The molecule has 6 nitrogen and oxygen atoms in total. The largest absolute Gasteiger partial charge is 0.334 e. The van der Waals surface area contributed by atoms with E-state index in [9.17, 15) is 4.79 Å². The average molecular weight is 386 g/mol. The molecule has 0 unspecified atom stereocenters. The van der Waals surface area contributed by atoms with Gasteiger partial charge in [0.25, 0.3) is 5.91 Å². The highest BCUT2D eigenvalue weighted by Gasteiger charge is 2.26. The molecular weight excluding hydrogens is 361 g/mol. The van der Waals surface area contributed by atoms with Crippen LogP contribution in [0.15, 0.2) is 36.8 Å². The van der Waals surface area contributed by atoms with Gasteiger partial charge >= 0.3 is 0 Å². The Kier molecular flexibility index (Phi) is 8.89. The minimum absolute atomic E-state index is 0. The molecule has 3 heterocycles. The van der Waals surface area contributed by atoms with Crippen LogP contribution >= 0.6 is 24.8 Å². The summed E-state index contributed by atoms with van der Waals surface area (Å²) in [5, 5.41) is 7.57. The zero-order valence-electron chi connectivity index (χ0n) is 14.3. The Morgan fingerprint density at radius 1 is 1.32 bits per heavy atom. The SMILES string of the molecule is CCCN(C(=O)c1cc(-n2cccn2)ccn1)C1CCNCC1.Cl.Cl. The van der Waals surface area contributed by atoms with Crippen LogP contribution in [0.2, 0.25) is 0 Å². The molecule has 0 spiro atoms. The number of hydrogen-bond donors (Lipinski definition) is 1. The first-order valence-corrected chi connectivity index (χ1v) is 8.27. The van der Waals surface area contributed by atoms with Gasteiger partial charge in [-0.2, -0.15) is 5.10 Å². The second kappa shape index (κ2) is 10.4. The molecule has 1 aliphatic rings. The van der Waals surface area contributed by atoms with E-state index in [1.54, 1.807) is 17.1 Å². The zero-order valence-corrected chi connectivity index (χ0v) is 15.9. The number of carbonyl (C=O) groups excluding carboxylic acids is 1. The Balaban J connectivity index is 0.00000156. The number of hydrogen-bond acceptors (Lipinski definition) is 4. The molecular formula is C17H25Cl2N5O. The standard InChI is InChI=1S/C17H23N5O.2ClH/c1-2-11-21(14-4-8-18-9-5-14)17(23)16-13-15(6-10-19-16)22-12-3-7-20-22;;/h3,6-7,10,12-14,18H,2,4-5,8-9,11H2,1H3;2*1H. The van der Waals surface area contributed by atoms with Gasteiger partial charge in [-0.3, -0.25) is 9.78 Å². The monoisotopic (exact) mass is 385 g/mol. The first kappa shape index (κ1) is 21.4. The summed E-state index contributed by atoms with van der Waals surface area (Å²) >= 11 is 0. The van der Waals surface area contributed by atoms with Gasteiger partial charge in [-0.15, -0.1) is 24.8 Å². The van der Waals surface area contributed by atoms with Crippen molar-refractivity contribution in [1.29, 1.82) is 0 Å². The third-order valence-electron chi connectivity index (χ3n) is 4.21. The lowest BCUT2D eigenvalue weighted by Crippen LogP contribution is -2.46. The van der Waals surface area contributed by atoms with Gasteiger partial charge in [-0.05, 0) is 50.6 Å². The summed E-state index contributed by atoms with van der Waals surface area (Å²) in [6, 6.07) is 5.84. The third kappa shape index (κ3) is 5.17. The minimum Gasteiger partial charge on any atom is -0.334 e. The van der Waals surface area contributed by atoms with Crippen LogP contribution in [0.25, 0.3) is 5.69 Å². The van der Waals surface area contributed by atoms with E-state index in [-0.39, 0.29) is 30.7 Å². The van der Waals surface area contributed by atoms with E-state index >= 15 is 0 Å². The van der Waals surface area contributed by atoms with Crippen LogP contribution in [-0.4, -0.2) is 51.2 Å². The van der Waals surface area contributed by atoms with Gasteiger partial charge in [0.15, 0.2) is 0 Å². The lowest BCUT2D eigenvalue weighted by molar-refractivity contribution is 0.0636. The lowest BCUT2D eigenvalue weighted by atomic mass is 10.0. The molecule has 8 heteroatoms. The summed E-state index contributed by atoms with van der Waals surface area (Å²) in [5.41, 5.74) is 1.35. The first-order valence-electron chi connectivity index (χ1n) is 8.27. The van der Waals surface area contributed by atoms with Crippen molar-refractivity contribution < 1.29 is 4.79 Å². The molecule has 1 aliphatic heterocycles. The number of nitrogens with zero attached hydrogens (tertiary/aromatic N) is 4. The van der Waals surface area contributed by atoms with Crippen LogP contribution in [0, 0.1) is 0 Å². The van der Waals surface area contributed by atoms with E-state index in [2.05, 4.69) is 22.3 Å². The summed E-state index contributed by atoms with van der Waals surface area (Å²) in [6.45, 7) is 4.82. The molecule has 1 amide bonds. The van der Waals surface area contributed by atoms with Crippen molar-refractivity contribution in [2.45, 2.75) is 32.2 Å². The molecule has 0 atom stereocenters. The number of pyridine rings is 1. The van der Waals surface area contributed by atoms with Crippen molar-refractivity contribution in [3.05, 3.63) is 42.5 Å². The zero-order chi connectivity index (χ0) is 16.1. The van der Waals surface area contributed by atoms with E-state index in [1.165, 1.54) is 0 Å². The van der Waals surface area contributed by atoms with E-state index in [0.717, 1.165) is 44.6 Å². The number of amides is 1. The normalized spacial score (nSPS) is 14.3. The van der Waals surface area contributed by atoms with Crippen LogP contribution in [0.1, 0.15) is 36.7 Å². The fraction of sp³-hybridized carbons (Fsp3) is 0.471. The molecule has 1 saturated heterocycles. The van der Waals surface area contributed by atoms with Gasteiger partial charge < -0.3 is 10.2 Å². The smallest absolute Gasteiger partial charge is 0.272 e. The molecule has 0 radical (unpaired) electrons. The molecule has 138 valence electrons. The maximum absolute atomic E-state index is 13.0. The third-order valence-corrected chi connectivity index (χ3v) is 4.21. The number of rotatable bonds is 5. The molecule has 3 rings (SSSR count). The topological polar surface area (TPSA) is 63.1 Å². The second-order valence-electron chi connectivity index (χ2n) is 5.83. The van der Waals surface area contributed by atoms with Crippen molar-refractivity contribution in [3.8, 4) is 5.69 Å². The molecule has 0 bridgehead atoms. The first-order chi connectivity index (χ1) is 11.3. The van der Waals surface area contributed by atoms with Gasteiger partial charge in [-0.25, -0.2) is 4.68 Å². The maximum atomic E-state index is 13.0. The Hall–Kier alpha value is -1.63. The highest BCUT2D eigenvalue weighted by atomic mass is 35.5. The fourth-order valence-electron chi connectivity index (χ4n) is 3.06. The highest BCUT2D eigenvalue weighted by Crippen LogP contribution is 2.17. The van der Waals surface area contributed by atoms with Gasteiger partial charge in [0, 0.05) is 31.2 Å². The predicted octanol–water partition coefficient (Wildman–Crippen LogP) is 2.72. The highest BCUT2D eigenvalue weighted by molar-refractivity contribution is 5.93. The molecule has 1 fully saturated rings. The quantitative estimate of drug-likeness (QED) is 0.859. The van der Waals surface area contributed by atoms with Gasteiger partial charge in [-0.1, -0.05) is 6.92 Å². The Morgan fingerprint density at radius 2 is 2.08 bits per heavy atom. The molecule has 2 aromatic heterocycles. The summed E-state index contributed by atoms with van der Waals surface area (Å²) in [6.07, 6.45) is 8.22. The number of aromatic nitrogens is 3. The number of nitrogens with one attached hydrogen (secondary N) is 1. The van der Waals surface area contributed by atoms with Crippen molar-refractivity contribution in [3.63, 3.8) is 0 Å². The molecule has 0 saturated carbocycles. The van der Waals surface area contributed by atoms with Crippen LogP contribution in [0.4, 0.5) is 0 Å². The maximum Gasteiger partial charge on any atom is 0.272 e. The summed E-state index contributed by atoms with van der Waals surface area (Å²) in [4.78, 5) is 19.3. The van der Waals surface area contributed by atoms with Crippen LogP contribution < -0.4 is 5.32 Å². The molecule has 2 aromatic rings. The van der Waals surface area contributed by atoms with Gasteiger partial charge in [0.2, 0.25) is 0 Å². The van der Waals surface area contributed by atoms with Gasteiger partial charge in [0.1, 0.15) is 5.69 Å². The van der Waals surface area contributed by atoms with Gasteiger partial charge in [0.05, 0.1) is 5.69 Å². The Labute approximate surface area is 160 Å². The summed E-state index contributed by atoms with van der Waals surface area (Å²) < 4.78 is 1.74. The van der Waals surface area contributed by atoms with Crippen molar-refractivity contribution in [2.24, 2.45) is 0 Å².